The molecule has 0 amide bonds. The Labute approximate surface area is 178 Å². The summed E-state index contributed by atoms with van der Waals surface area (Å²) in [6.45, 7) is 1.97. The van der Waals surface area contributed by atoms with Crippen LogP contribution in [0.4, 0.5) is 14.6 Å². The third-order valence-electron chi connectivity index (χ3n) is 4.42. The summed E-state index contributed by atoms with van der Waals surface area (Å²) in [7, 11) is 0. The first-order valence-electron chi connectivity index (χ1n) is 9.49. The Hall–Kier alpha value is -4.18. The molecule has 4 rings (SSSR count). The number of halogens is 2. The molecule has 0 fully saturated rings. The summed E-state index contributed by atoms with van der Waals surface area (Å²) in [6, 6.07) is 14.0. The monoisotopic (exact) mass is 413 g/mol. The van der Waals surface area contributed by atoms with Gasteiger partial charge in [0.25, 0.3) is 0 Å². The van der Waals surface area contributed by atoms with Gasteiger partial charge in [-0.3, -0.25) is 9.97 Å². The van der Waals surface area contributed by atoms with Gasteiger partial charge in [-0.2, -0.15) is 4.39 Å². The van der Waals surface area contributed by atoms with E-state index < -0.39 is 11.6 Å². The fourth-order valence-corrected chi connectivity index (χ4v) is 2.90. The van der Waals surface area contributed by atoms with Crippen molar-refractivity contribution >= 4 is 5.82 Å². The summed E-state index contributed by atoms with van der Waals surface area (Å²) in [5.74, 6) is 4.43. The normalized spacial score (nSPS) is 10.3. The predicted octanol–water partition coefficient (Wildman–Crippen LogP) is 4.53. The number of aromatic nitrogens is 4. The molecule has 0 atom stereocenters. The highest BCUT2D eigenvalue weighted by Crippen LogP contribution is 2.22. The summed E-state index contributed by atoms with van der Waals surface area (Å²) in [4.78, 5) is 16.1. The molecule has 152 valence electrons. The average Bonchev–Trinajstić information content (AvgIpc) is 2.78. The highest BCUT2D eigenvalue weighted by Gasteiger charge is 2.11. The van der Waals surface area contributed by atoms with Crippen LogP contribution in [0.3, 0.4) is 0 Å². The van der Waals surface area contributed by atoms with Crippen LogP contribution in [-0.4, -0.2) is 19.9 Å². The first-order valence-corrected chi connectivity index (χ1v) is 9.49. The van der Waals surface area contributed by atoms with E-state index in [-0.39, 0.29) is 23.8 Å². The van der Waals surface area contributed by atoms with E-state index in [1.54, 1.807) is 18.3 Å². The SMILES string of the molecule is Cc1cc(-c2ncc(CNc3ncnc(C#Cc4ccccc4)c3F)cc2F)ccn1. The molecule has 0 aliphatic heterocycles. The van der Waals surface area contributed by atoms with Crippen LogP contribution in [-0.2, 0) is 6.54 Å². The number of nitrogens with zero attached hydrogens (tertiary/aromatic N) is 4. The fourth-order valence-electron chi connectivity index (χ4n) is 2.90. The van der Waals surface area contributed by atoms with E-state index in [4.69, 9.17) is 0 Å². The molecular weight excluding hydrogens is 396 g/mol. The van der Waals surface area contributed by atoms with E-state index in [1.165, 1.54) is 18.6 Å². The molecule has 3 heterocycles. The number of aryl methyl sites for hydroxylation is 1. The van der Waals surface area contributed by atoms with Crippen molar-refractivity contribution in [2.45, 2.75) is 13.5 Å². The highest BCUT2D eigenvalue weighted by atomic mass is 19.1. The average molecular weight is 413 g/mol. The van der Waals surface area contributed by atoms with Crippen molar-refractivity contribution in [2.24, 2.45) is 0 Å². The Kier molecular flexibility index (Phi) is 5.90. The topological polar surface area (TPSA) is 63.6 Å². The lowest BCUT2D eigenvalue weighted by atomic mass is 10.1. The molecule has 0 saturated carbocycles. The molecule has 31 heavy (non-hydrogen) atoms. The lowest BCUT2D eigenvalue weighted by Gasteiger charge is -2.09. The van der Waals surface area contributed by atoms with Crippen molar-refractivity contribution in [3.63, 3.8) is 0 Å². The molecule has 0 unspecified atom stereocenters. The maximum atomic E-state index is 14.7. The van der Waals surface area contributed by atoms with Gasteiger partial charge in [0.05, 0.1) is 0 Å². The van der Waals surface area contributed by atoms with Gasteiger partial charge in [-0.25, -0.2) is 14.4 Å². The van der Waals surface area contributed by atoms with Gasteiger partial charge in [-0.1, -0.05) is 24.1 Å². The number of nitrogens with one attached hydrogen (secondary N) is 1. The lowest BCUT2D eigenvalue weighted by Crippen LogP contribution is -2.07. The zero-order chi connectivity index (χ0) is 21.6. The predicted molar refractivity (Wildman–Crippen MR) is 114 cm³/mol. The molecular formula is C24H17F2N5. The molecule has 1 N–H and O–H groups in total. The van der Waals surface area contributed by atoms with Crippen molar-refractivity contribution in [1.29, 1.82) is 0 Å². The maximum absolute atomic E-state index is 14.7. The zero-order valence-corrected chi connectivity index (χ0v) is 16.6. The molecule has 0 saturated heterocycles. The van der Waals surface area contributed by atoms with E-state index in [2.05, 4.69) is 37.1 Å². The number of rotatable bonds is 4. The van der Waals surface area contributed by atoms with E-state index in [9.17, 15) is 8.78 Å². The quantitative estimate of drug-likeness (QED) is 0.498. The van der Waals surface area contributed by atoms with Crippen LogP contribution >= 0.6 is 0 Å². The Morgan fingerprint density at radius 1 is 0.935 bits per heavy atom. The van der Waals surface area contributed by atoms with Crippen LogP contribution in [0.1, 0.15) is 22.5 Å². The molecule has 0 radical (unpaired) electrons. The summed E-state index contributed by atoms with van der Waals surface area (Å²) in [5.41, 5.74) is 2.93. The largest absolute Gasteiger partial charge is 0.363 e. The van der Waals surface area contributed by atoms with Gasteiger partial charge in [0.15, 0.2) is 17.3 Å². The van der Waals surface area contributed by atoms with Gasteiger partial charge in [0.2, 0.25) is 0 Å². The smallest absolute Gasteiger partial charge is 0.199 e. The van der Waals surface area contributed by atoms with E-state index in [0.717, 1.165) is 11.3 Å². The molecule has 1 aromatic carbocycles. The van der Waals surface area contributed by atoms with Gasteiger partial charge in [0.1, 0.15) is 17.8 Å². The Morgan fingerprint density at radius 3 is 2.55 bits per heavy atom. The van der Waals surface area contributed by atoms with E-state index >= 15 is 0 Å². The highest BCUT2D eigenvalue weighted by molar-refractivity contribution is 5.60. The third kappa shape index (κ3) is 4.87. The van der Waals surface area contributed by atoms with Crippen molar-refractivity contribution in [3.05, 3.63) is 101 Å². The standard InChI is InChI=1S/C24H17F2N5/c1-16-11-19(9-10-27-16)23-20(25)12-18(13-28-23)14-29-24-22(26)21(30-15-31-24)8-7-17-5-3-2-4-6-17/h2-6,9-13,15H,14H2,1H3,(H,29,30,31). The number of hydrogen-bond donors (Lipinski definition) is 1. The van der Waals surface area contributed by atoms with Crippen LogP contribution in [0.25, 0.3) is 11.3 Å². The molecule has 4 aromatic rings. The first kappa shape index (κ1) is 20.1. The minimum absolute atomic E-state index is 0.0124. The van der Waals surface area contributed by atoms with Gasteiger partial charge in [0, 0.05) is 35.8 Å². The minimum atomic E-state index is -0.664. The molecule has 7 heteroatoms. The lowest BCUT2D eigenvalue weighted by molar-refractivity contribution is 0.611. The van der Waals surface area contributed by atoms with Gasteiger partial charge < -0.3 is 5.32 Å². The molecule has 0 aliphatic carbocycles. The van der Waals surface area contributed by atoms with Crippen LogP contribution in [0.5, 0.6) is 0 Å². The number of anilines is 1. The summed E-state index contributed by atoms with van der Waals surface area (Å²) >= 11 is 0. The number of pyridine rings is 2. The second-order valence-electron chi connectivity index (χ2n) is 6.71. The van der Waals surface area contributed by atoms with E-state index in [0.29, 0.717) is 11.1 Å². The summed E-state index contributed by atoms with van der Waals surface area (Å²) in [6.07, 6.45) is 4.38. The molecule has 0 spiro atoms. The van der Waals surface area contributed by atoms with Crippen molar-refractivity contribution in [1.82, 2.24) is 19.9 Å². The Bertz CT molecular complexity index is 1280. The number of benzene rings is 1. The minimum Gasteiger partial charge on any atom is -0.363 e. The van der Waals surface area contributed by atoms with Crippen molar-refractivity contribution in [2.75, 3.05) is 5.32 Å². The maximum Gasteiger partial charge on any atom is 0.199 e. The van der Waals surface area contributed by atoms with Crippen molar-refractivity contribution < 1.29 is 8.78 Å². The van der Waals surface area contributed by atoms with Gasteiger partial charge in [-0.05, 0) is 48.7 Å². The van der Waals surface area contributed by atoms with Gasteiger partial charge in [-0.15, -0.1) is 0 Å². The summed E-state index contributed by atoms with van der Waals surface area (Å²) < 4.78 is 29.3. The molecule has 0 aliphatic rings. The third-order valence-corrected chi connectivity index (χ3v) is 4.42. The second kappa shape index (κ2) is 9.09. The molecule has 3 aromatic heterocycles. The molecule has 5 nitrogen and oxygen atoms in total. The second-order valence-corrected chi connectivity index (χ2v) is 6.71. The van der Waals surface area contributed by atoms with Crippen LogP contribution < -0.4 is 5.32 Å². The summed E-state index contributed by atoms with van der Waals surface area (Å²) in [5, 5.41) is 2.85. The van der Waals surface area contributed by atoms with Crippen LogP contribution in [0, 0.1) is 30.4 Å². The zero-order valence-electron chi connectivity index (χ0n) is 16.6. The van der Waals surface area contributed by atoms with Crippen LogP contribution in [0.2, 0.25) is 0 Å². The van der Waals surface area contributed by atoms with E-state index in [1.807, 2.05) is 37.3 Å². The Balaban J connectivity index is 1.50. The first-order chi connectivity index (χ1) is 15.1. The Morgan fingerprint density at radius 2 is 1.77 bits per heavy atom. The fraction of sp³-hybridized carbons (Fsp3) is 0.0833. The van der Waals surface area contributed by atoms with Gasteiger partial charge >= 0.3 is 0 Å². The molecule has 0 bridgehead atoms. The van der Waals surface area contributed by atoms with Crippen LogP contribution in [0.15, 0.2) is 67.3 Å². The van der Waals surface area contributed by atoms with Crippen molar-refractivity contribution in [3.8, 4) is 23.1 Å². The number of hydrogen-bond acceptors (Lipinski definition) is 5.